The number of hydrogen-bond donors (Lipinski definition) is 3. The Morgan fingerprint density at radius 1 is 1.23 bits per heavy atom. The molecule has 1 heterocycles. The lowest BCUT2D eigenvalue weighted by Gasteiger charge is -2.13. The molecule has 1 fully saturated rings. The maximum absolute atomic E-state index is 14.2. The first-order chi connectivity index (χ1) is 11.6. The van der Waals surface area contributed by atoms with E-state index in [9.17, 15) is 9.18 Å². The van der Waals surface area contributed by atoms with Crippen molar-refractivity contribution in [3.63, 3.8) is 0 Å². The summed E-state index contributed by atoms with van der Waals surface area (Å²) in [7, 11) is 0. The predicted octanol–water partition coefficient (Wildman–Crippen LogP) is 4.09. The summed E-state index contributed by atoms with van der Waals surface area (Å²) in [6, 6.07) is 11.2. The van der Waals surface area contributed by atoms with Gasteiger partial charge in [0.1, 0.15) is 5.82 Å². The van der Waals surface area contributed by atoms with E-state index in [1.165, 1.54) is 6.07 Å². The first kappa shape index (κ1) is 22.0. The molecule has 0 spiro atoms. The molecule has 2 aromatic carbocycles. The van der Waals surface area contributed by atoms with Crippen LogP contribution in [0.25, 0.3) is 0 Å². The lowest BCUT2D eigenvalue weighted by atomic mass is 10.2. The first-order valence-electron chi connectivity index (χ1n) is 7.94. The molecule has 4 N–H and O–H groups in total. The van der Waals surface area contributed by atoms with Crippen molar-refractivity contribution in [2.45, 2.75) is 18.9 Å². The average Bonchev–Trinajstić information content (AvgIpc) is 3.07. The summed E-state index contributed by atoms with van der Waals surface area (Å²) in [4.78, 5) is 12.1. The van der Waals surface area contributed by atoms with Crippen molar-refractivity contribution in [1.82, 2.24) is 0 Å². The van der Waals surface area contributed by atoms with Crippen molar-refractivity contribution >= 4 is 47.8 Å². The summed E-state index contributed by atoms with van der Waals surface area (Å²) in [6.07, 6.45) is 2.17. The minimum Gasteiger partial charge on any atom is -0.399 e. The van der Waals surface area contributed by atoms with Crippen LogP contribution in [0.2, 0.25) is 0 Å². The smallest absolute Gasteiger partial charge is 0.255 e. The number of nitrogens with one attached hydrogen (secondary N) is 2. The van der Waals surface area contributed by atoms with E-state index in [0.717, 1.165) is 19.4 Å². The number of halogens is 3. The van der Waals surface area contributed by atoms with Crippen molar-refractivity contribution < 1.29 is 13.9 Å². The highest BCUT2D eigenvalue weighted by Gasteiger charge is 2.16. The van der Waals surface area contributed by atoms with E-state index in [1.54, 1.807) is 36.4 Å². The molecule has 1 amide bonds. The largest absolute Gasteiger partial charge is 0.399 e. The Bertz CT molecular complexity index is 740. The number of benzene rings is 2. The molecule has 0 saturated carbocycles. The fourth-order valence-electron chi connectivity index (χ4n) is 2.65. The highest BCUT2D eigenvalue weighted by molar-refractivity contribution is 6.04. The van der Waals surface area contributed by atoms with Crippen LogP contribution in [0, 0.1) is 5.82 Å². The monoisotopic (exact) mass is 401 g/mol. The van der Waals surface area contributed by atoms with Gasteiger partial charge in [-0.1, -0.05) is 6.07 Å². The molecule has 2 aromatic rings. The topological polar surface area (TPSA) is 76.4 Å². The van der Waals surface area contributed by atoms with E-state index in [1.807, 2.05) is 0 Å². The van der Waals surface area contributed by atoms with Gasteiger partial charge in [-0.05, 0) is 49.2 Å². The zero-order valence-electron chi connectivity index (χ0n) is 14.0. The van der Waals surface area contributed by atoms with E-state index in [4.69, 9.17) is 10.5 Å². The SMILES string of the molecule is Cl.Cl.Nc1cccc(C(=O)Nc2ccc(NCC3CCCO3)c(F)c2)c1. The van der Waals surface area contributed by atoms with Gasteiger partial charge >= 0.3 is 0 Å². The summed E-state index contributed by atoms with van der Waals surface area (Å²) >= 11 is 0. The summed E-state index contributed by atoms with van der Waals surface area (Å²) in [6.45, 7) is 1.34. The first-order valence-corrected chi connectivity index (χ1v) is 7.94. The summed E-state index contributed by atoms with van der Waals surface area (Å²) in [5, 5.41) is 5.71. The molecular weight excluding hydrogens is 380 g/mol. The van der Waals surface area contributed by atoms with Crippen LogP contribution in [0.1, 0.15) is 23.2 Å². The number of carbonyl (C=O) groups is 1. The fraction of sp³-hybridized carbons (Fsp3) is 0.278. The van der Waals surface area contributed by atoms with Gasteiger partial charge in [0.25, 0.3) is 5.91 Å². The summed E-state index contributed by atoms with van der Waals surface area (Å²) < 4.78 is 19.7. The van der Waals surface area contributed by atoms with Crippen molar-refractivity contribution in [1.29, 1.82) is 0 Å². The lowest BCUT2D eigenvalue weighted by Crippen LogP contribution is -2.19. The highest BCUT2D eigenvalue weighted by atomic mass is 35.5. The van der Waals surface area contributed by atoms with Gasteiger partial charge in [-0.15, -0.1) is 24.8 Å². The second kappa shape index (κ2) is 10.2. The third-order valence-electron chi connectivity index (χ3n) is 3.92. The number of carbonyl (C=O) groups excluding carboxylic acids is 1. The zero-order chi connectivity index (χ0) is 16.9. The van der Waals surface area contributed by atoms with Gasteiger partial charge in [-0.3, -0.25) is 4.79 Å². The maximum atomic E-state index is 14.2. The number of nitrogen functional groups attached to an aromatic ring is 1. The number of nitrogens with two attached hydrogens (primary N) is 1. The number of anilines is 3. The van der Waals surface area contributed by atoms with Crippen LogP contribution in [0.5, 0.6) is 0 Å². The van der Waals surface area contributed by atoms with E-state index in [0.29, 0.717) is 29.2 Å². The van der Waals surface area contributed by atoms with Gasteiger partial charge in [-0.25, -0.2) is 4.39 Å². The molecule has 1 aliphatic heterocycles. The van der Waals surface area contributed by atoms with Crippen LogP contribution in [0.4, 0.5) is 21.5 Å². The summed E-state index contributed by atoms with van der Waals surface area (Å²) in [5.74, 6) is -0.750. The van der Waals surface area contributed by atoms with Crippen LogP contribution < -0.4 is 16.4 Å². The maximum Gasteiger partial charge on any atom is 0.255 e. The van der Waals surface area contributed by atoms with Gasteiger partial charge in [-0.2, -0.15) is 0 Å². The van der Waals surface area contributed by atoms with Crippen LogP contribution in [0.3, 0.4) is 0 Å². The number of hydrogen-bond acceptors (Lipinski definition) is 4. The average molecular weight is 402 g/mol. The molecular formula is C18H22Cl2FN3O2. The van der Waals surface area contributed by atoms with Gasteiger partial charge in [0.05, 0.1) is 11.8 Å². The van der Waals surface area contributed by atoms with E-state index in [-0.39, 0.29) is 36.8 Å². The van der Waals surface area contributed by atoms with Crippen molar-refractivity contribution in [2.75, 3.05) is 29.5 Å². The minimum atomic E-state index is -0.418. The molecule has 0 bridgehead atoms. The molecule has 0 radical (unpaired) electrons. The molecule has 3 rings (SSSR count). The van der Waals surface area contributed by atoms with E-state index < -0.39 is 5.82 Å². The van der Waals surface area contributed by atoms with Crippen LogP contribution in [-0.2, 0) is 4.74 Å². The molecule has 0 aliphatic carbocycles. The van der Waals surface area contributed by atoms with Gasteiger partial charge < -0.3 is 21.1 Å². The molecule has 0 aromatic heterocycles. The molecule has 8 heteroatoms. The second-order valence-electron chi connectivity index (χ2n) is 5.79. The Morgan fingerprint density at radius 3 is 2.69 bits per heavy atom. The Kier molecular flexibility index (Phi) is 8.65. The third kappa shape index (κ3) is 5.76. The molecule has 1 atom stereocenters. The van der Waals surface area contributed by atoms with Crippen molar-refractivity contribution in [3.05, 3.63) is 53.8 Å². The normalized spacial score (nSPS) is 15.5. The molecule has 5 nitrogen and oxygen atoms in total. The quantitative estimate of drug-likeness (QED) is 0.659. The number of ether oxygens (including phenoxy) is 1. The number of amides is 1. The van der Waals surface area contributed by atoms with Crippen LogP contribution in [0.15, 0.2) is 42.5 Å². The van der Waals surface area contributed by atoms with E-state index in [2.05, 4.69) is 10.6 Å². The third-order valence-corrected chi connectivity index (χ3v) is 3.92. The van der Waals surface area contributed by atoms with Crippen molar-refractivity contribution in [3.8, 4) is 0 Å². The fourth-order valence-corrected chi connectivity index (χ4v) is 2.65. The molecule has 142 valence electrons. The standard InChI is InChI=1S/C18H20FN3O2.2ClH/c19-16-10-14(22-18(23)12-3-1-4-13(20)9-12)6-7-17(16)21-11-15-5-2-8-24-15;;/h1,3-4,6-7,9-10,15,21H,2,5,8,11,20H2,(H,22,23);2*1H. The second-order valence-corrected chi connectivity index (χ2v) is 5.79. The predicted molar refractivity (Wildman–Crippen MR) is 107 cm³/mol. The molecule has 1 aliphatic rings. The van der Waals surface area contributed by atoms with Gasteiger partial charge in [0, 0.05) is 30.1 Å². The van der Waals surface area contributed by atoms with Gasteiger partial charge in [0.15, 0.2) is 0 Å². The number of rotatable bonds is 5. The van der Waals surface area contributed by atoms with E-state index >= 15 is 0 Å². The van der Waals surface area contributed by atoms with Crippen molar-refractivity contribution in [2.24, 2.45) is 0 Å². The summed E-state index contributed by atoms with van der Waals surface area (Å²) in [5.41, 5.74) is 7.38. The Hall–Kier alpha value is -2.02. The lowest BCUT2D eigenvalue weighted by molar-refractivity contribution is 0.102. The molecule has 1 saturated heterocycles. The highest BCUT2D eigenvalue weighted by Crippen LogP contribution is 2.21. The molecule has 1 unspecified atom stereocenters. The van der Waals surface area contributed by atoms with Gasteiger partial charge in [0.2, 0.25) is 0 Å². The Labute approximate surface area is 164 Å². The zero-order valence-corrected chi connectivity index (χ0v) is 15.7. The minimum absolute atomic E-state index is 0. The Balaban J connectivity index is 0.00000169. The Morgan fingerprint density at radius 2 is 2.04 bits per heavy atom. The van der Waals surface area contributed by atoms with Crippen LogP contribution in [-0.4, -0.2) is 25.2 Å². The molecule has 26 heavy (non-hydrogen) atoms. The van der Waals surface area contributed by atoms with Crippen LogP contribution >= 0.6 is 24.8 Å².